The van der Waals surface area contributed by atoms with Crippen LogP contribution in [0.15, 0.2) is 30.5 Å². The second-order valence-electron chi connectivity index (χ2n) is 10.5. The van der Waals surface area contributed by atoms with E-state index in [0.717, 1.165) is 47.4 Å². The fourth-order valence-electron chi connectivity index (χ4n) is 4.84. The van der Waals surface area contributed by atoms with Crippen molar-refractivity contribution in [1.29, 1.82) is 0 Å². The average molecular weight is 509 g/mol. The second-order valence-corrected chi connectivity index (χ2v) is 10.5. The summed E-state index contributed by atoms with van der Waals surface area (Å²) in [6.07, 6.45) is 3.34. The first-order chi connectivity index (χ1) is 17.6. The highest BCUT2D eigenvalue weighted by atomic mass is 16.6. The van der Waals surface area contributed by atoms with Gasteiger partial charge in [-0.15, -0.1) is 0 Å². The SMILES string of the molecule is CNCCCc1c(C)[nH]c2nccc(-c3cccc(N[C@H]4C[C@@H](C(=O)O)N(C(=O)OC(C)(C)C)C4)n3)c12. The molecule has 1 saturated heterocycles. The maximum atomic E-state index is 12.6. The summed E-state index contributed by atoms with van der Waals surface area (Å²) >= 11 is 0. The Hall–Kier alpha value is -3.66. The average Bonchev–Trinajstić information content (AvgIpc) is 3.39. The van der Waals surface area contributed by atoms with E-state index in [2.05, 4.69) is 27.5 Å². The Kier molecular flexibility index (Phi) is 7.68. The number of H-pyrrole nitrogens is 1. The Balaban J connectivity index is 1.58. The Bertz CT molecular complexity index is 1280. The smallest absolute Gasteiger partial charge is 0.411 e. The van der Waals surface area contributed by atoms with Crippen molar-refractivity contribution in [2.45, 2.75) is 64.6 Å². The minimum Gasteiger partial charge on any atom is -0.480 e. The van der Waals surface area contributed by atoms with Crippen LogP contribution in [0.25, 0.3) is 22.3 Å². The molecule has 198 valence electrons. The number of rotatable bonds is 8. The molecule has 10 nitrogen and oxygen atoms in total. The number of anilines is 1. The van der Waals surface area contributed by atoms with Crippen LogP contribution in [0.5, 0.6) is 0 Å². The monoisotopic (exact) mass is 508 g/mol. The molecule has 1 aliphatic heterocycles. The lowest BCUT2D eigenvalue weighted by atomic mass is 10.0. The Morgan fingerprint density at radius 2 is 2.05 bits per heavy atom. The lowest BCUT2D eigenvalue weighted by Gasteiger charge is -2.26. The summed E-state index contributed by atoms with van der Waals surface area (Å²) in [5, 5.41) is 17.3. The fourth-order valence-corrected chi connectivity index (χ4v) is 4.84. The summed E-state index contributed by atoms with van der Waals surface area (Å²) in [7, 11) is 1.95. The highest BCUT2D eigenvalue weighted by Gasteiger charge is 2.41. The molecule has 1 fully saturated rings. The lowest BCUT2D eigenvalue weighted by molar-refractivity contribution is -0.142. The summed E-state index contributed by atoms with van der Waals surface area (Å²) in [5.74, 6) is -0.434. The first-order valence-electron chi connectivity index (χ1n) is 12.6. The molecule has 4 N–H and O–H groups in total. The van der Waals surface area contributed by atoms with Crippen LogP contribution in [-0.2, 0) is 16.0 Å². The molecule has 3 aromatic heterocycles. The van der Waals surface area contributed by atoms with E-state index in [9.17, 15) is 14.7 Å². The van der Waals surface area contributed by atoms with Crippen molar-refractivity contribution in [3.63, 3.8) is 0 Å². The molecule has 4 rings (SSSR count). The van der Waals surface area contributed by atoms with Gasteiger partial charge < -0.3 is 25.5 Å². The summed E-state index contributed by atoms with van der Waals surface area (Å²) in [4.78, 5) is 38.6. The fraction of sp³-hybridized carbons (Fsp3) is 0.481. The molecule has 37 heavy (non-hydrogen) atoms. The highest BCUT2D eigenvalue weighted by Crippen LogP contribution is 2.32. The largest absolute Gasteiger partial charge is 0.480 e. The van der Waals surface area contributed by atoms with Crippen LogP contribution >= 0.6 is 0 Å². The first kappa shape index (κ1) is 26.4. The standard InChI is InChI=1S/C27H36N6O4/c1-16-18(8-7-12-28-5)23-19(11-13-29-24(23)30-16)20-9-6-10-22(32-20)31-17-14-21(25(34)35)33(15-17)26(36)37-27(2,3)4/h6,9-11,13,17,21,28H,7-8,12,14-15H2,1-5H3,(H,29,30)(H,31,32)(H,34,35)/t17-,21-/m0/s1. The summed E-state index contributed by atoms with van der Waals surface area (Å²) < 4.78 is 5.43. The van der Waals surface area contributed by atoms with Gasteiger partial charge in [0, 0.05) is 41.8 Å². The summed E-state index contributed by atoms with van der Waals surface area (Å²) in [5.41, 5.74) is 4.25. The van der Waals surface area contributed by atoms with Crippen molar-refractivity contribution in [1.82, 2.24) is 25.2 Å². The molecule has 0 radical (unpaired) electrons. The number of nitrogens with zero attached hydrogens (tertiary/aromatic N) is 3. The molecule has 0 aromatic carbocycles. The van der Waals surface area contributed by atoms with Crippen molar-refractivity contribution in [3.8, 4) is 11.3 Å². The van der Waals surface area contributed by atoms with Gasteiger partial charge in [-0.2, -0.15) is 0 Å². The quantitative estimate of drug-likeness (QED) is 0.336. The molecular formula is C27H36N6O4. The summed E-state index contributed by atoms with van der Waals surface area (Å²) in [6, 6.07) is 6.47. The number of ether oxygens (including phenoxy) is 1. The molecular weight excluding hydrogens is 472 g/mol. The van der Waals surface area contributed by atoms with Crippen LogP contribution < -0.4 is 10.6 Å². The number of aryl methyl sites for hydroxylation is 2. The van der Waals surface area contributed by atoms with Gasteiger partial charge in [0.1, 0.15) is 23.1 Å². The van der Waals surface area contributed by atoms with Gasteiger partial charge in [-0.1, -0.05) is 6.07 Å². The molecule has 3 aromatic rings. The highest BCUT2D eigenvalue weighted by molar-refractivity contribution is 5.95. The number of fused-ring (bicyclic) bond motifs is 1. The molecule has 1 amide bonds. The van der Waals surface area contributed by atoms with Crippen molar-refractivity contribution in [3.05, 3.63) is 41.7 Å². The first-order valence-corrected chi connectivity index (χ1v) is 12.6. The van der Waals surface area contributed by atoms with Crippen LogP contribution in [0.3, 0.4) is 0 Å². The molecule has 4 heterocycles. The van der Waals surface area contributed by atoms with Crippen molar-refractivity contribution < 1.29 is 19.4 Å². The number of hydrogen-bond acceptors (Lipinski definition) is 7. The zero-order chi connectivity index (χ0) is 26.7. The number of pyridine rings is 2. The van der Waals surface area contributed by atoms with Crippen LogP contribution in [0.2, 0.25) is 0 Å². The van der Waals surface area contributed by atoms with E-state index in [1.807, 2.05) is 31.3 Å². The third kappa shape index (κ3) is 6.02. The Morgan fingerprint density at radius 1 is 1.27 bits per heavy atom. The van der Waals surface area contributed by atoms with Gasteiger partial charge >= 0.3 is 12.1 Å². The van der Waals surface area contributed by atoms with Crippen molar-refractivity contribution in [2.75, 3.05) is 25.5 Å². The molecule has 10 heteroatoms. The van der Waals surface area contributed by atoms with Gasteiger partial charge in [0.15, 0.2) is 0 Å². The molecule has 1 aliphatic rings. The number of aromatic nitrogens is 3. The number of likely N-dealkylation sites (tertiary alicyclic amines) is 1. The van der Waals surface area contributed by atoms with Crippen molar-refractivity contribution >= 4 is 28.9 Å². The molecule has 0 saturated carbocycles. The van der Waals surface area contributed by atoms with E-state index < -0.39 is 23.7 Å². The van der Waals surface area contributed by atoms with Crippen LogP contribution in [-0.4, -0.2) is 74.8 Å². The third-order valence-corrected chi connectivity index (χ3v) is 6.46. The number of carbonyl (C=O) groups is 2. The Labute approximate surface area is 216 Å². The van der Waals surface area contributed by atoms with Crippen LogP contribution in [0.4, 0.5) is 10.6 Å². The minimum absolute atomic E-state index is 0.212. The van der Waals surface area contributed by atoms with Gasteiger partial charge in [0.25, 0.3) is 0 Å². The van der Waals surface area contributed by atoms with Gasteiger partial charge in [-0.3, -0.25) is 4.90 Å². The number of carbonyl (C=O) groups excluding carboxylic acids is 1. The Morgan fingerprint density at radius 3 is 2.76 bits per heavy atom. The topological polar surface area (TPSA) is 132 Å². The number of hydrogen-bond donors (Lipinski definition) is 4. The number of aromatic amines is 1. The summed E-state index contributed by atoms with van der Waals surface area (Å²) in [6.45, 7) is 8.49. The third-order valence-electron chi connectivity index (χ3n) is 6.46. The van der Waals surface area contributed by atoms with Gasteiger partial charge in [0.2, 0.25) is 0 Å². The number of amides is 1. The van der Waals surface area contributed by atoms with Crippen LogP contribution in [0.1, 0.15) is 44.9 Å². The van der Waals surface area contributed by atoms with E-state index in [1.165, 1.54) is 10.5 Å². The number of carboxylic acid groups (broad SMARTS) is 1. The van der Waals surface area contributed by atoms with Crippen molar-refractivity contribution in [2.24, 2.45) is 0 Å². The molecule has 0 spiro atoms. The molecule has 0 unspecified atom stereocenters. The van der Waals surface area contributed by atoms with Gasteiger partial charge in [0.05, 0.1) is 5.69 Å². The zero-order valence-electron chi connectivity index (χ0n) is 22.1. The zero-order valence-corrected chi connectivity index (χ0v) is 22.1. The van der Waals surface area contributed by atoms with Gasteiger partial charge in [-0.25, -0.2) is 19.6 Å². The molecule has 2 atom stereocenters. The van der Waals surface area contributed by atoms with E-state index >= 15 is 0 Å². The maximum Gasteiger partial charge on any atom is 0.411 e. The number of carboxylic acids is 1. The van der Waals surface area contributed by atoms with E-state index in [-0.39, 0.29) is 19.0 Å². The minimum atomic E-state index is -1.05. The normalized spacial score (nSPS) is 17.8. The van der Waals surface area contributed by atoms with Gasteiger partial charge in [-0.05, 0) is 77.9 Å². The van der Waals surface area contributed by atoms with E-state index in [0.29, 0.717) is 5.82 Å². The number of aliphatic carboxylic acids is 1. The lowest BCUT2D eigenvalue weighted by Crippen LogP contribution is -2.43. The van der Waals surface area contributed by atoms with Crippen LogP contribution in [0, 0.1) is 6.92 Å². The molecule has 0 bridgehead atoms. The van der Waals surface area contributed by atoms with E-state index in [4.69, 9.17) is 9.72 Å². The van der Waals surface area contributed by atoms with E-state index in [1.54, 1.807) is 27.0 Å². The predicted molar refractivity (Wildman–Crippen MR) is 143 cm³/mol. The number of nitrogens with one attached hydrogen (secondary N) is 3. The second kappa shape index (κ2) is 10.8. The maximum absolute atomic E-state index is 12.6. The molecule has 0 aliphatic carbocycles. The predicted octanol–water partition coefficient (Wildman–Crippen LogP) is 3.96.